The second-order valence-electron chi connectivity index (χ2n) is 8.08. The van der Waals surface area contributed by atoms with Crippen molar-refractivity contribution in [3.8, 4) is 0 Å². The number of nitrogens with one attached hydrogen (secondary N) is 1. The van der Waals surface area contributed by atoms with Crippen LogP contribution in [0.3, 0.4) is 0 Å². The van der Waals surface area contributed by atoms with E-state index in [-0.39, 0.29) is 6.04 Å². The van der Waals surface area contributed by atoms with E-state index in [4.69, 9.17) is 0 Å². The van der Waals surface area contributed by atoms with Gasteiger partial charge in [-0.25, -0.2) is 9.69 Å². The molecule has 0 aromatic heterocycles. The van der Waals surface area contributed by atoms with Crippen LogP contribution < -0.4 is 10.2 Å². The van der Waals surface area contributed by atoms with Crippen LogP contribution >= 0.6 is 0 Å². The normalized spacial score (nSPS) is 21.0. The number of carbonyl (C=O) groups excluding carboxylic acids is 3. The van der Waals surface area contributed by atoms with Crippen LogP contribution in [-0.4, -0.2) is 48.1 Å². The minimum atomic E-state index is -1.10. The van der Waals surface area contributed by atoms with Crippen molar-refractivity contribution >= 4 is 29.7 Å². The zero-order valence-corrected chi connectivity index (χ0v) is 17.5. The Hall–Kier alpha value is -3.32. The lowest BCUT2D eigenvalue weighted by Gasteiger charge is -2.31. The second-order valence-corrected chi connectivity index (χ2v) is 8.08. The Balaban J connectivity index is 1.38. The summed E-state index contributed by atoms with van der Waals surface area (Å²) in [4.78, 5) is 45.5. The van der Waals surface area contributed by atoms with Crippen molar-refractivity contribution in [2.75, 3.05) is 18.0 Å². The number of aryl methyl sites for hydroxylation is 1. The molecule has 2 aromatic carbocycles. The zero-order chi connectivity index (χ0) is 21.8. The van der Waals surface area contributed by atoms with Gasteiger partial charge in [0.1, 0.15) is 0 Å². The summed E-state index contributed by atoms with van der Waals surface area (Å²) in [5.74, 6) is -2.28. The van der Waals surface area contributed by atoms with Gasteiger partial charge in [0, 0.05) is 25.8 Å². The maximum Gasteiger partial charge on any atom is 0.335 e. The molecule has 0 bridgehead atoms. The molecule has 2 saturated heterocycles. The molecular formula is C24H26N4O3. The number of rotatable bonds is 5. The van der Waals surface area contributed by atoms with Crippen LogP contribution in [0.15, 0.2) is 59.6 Å². The predicted molar refractivity (Wildman–Crippen MR) is 119 cm³/mol. The number of hydrogen-bond acceptors (Lipinski definition) is 5. The number of anilines is 1. The van der Waals surface area contributed by atoms with E-state index in [1.165, 1.54) is 11.8 Å². The Bertz CT molecular complexity index is 997. The smallest absolute Gasteiger partial charge is 0.299 e. The van der Waals surface area contributed by atoms with Crippen molar-refractivity contribution in [3.63, 3.8) is 0 Å². The molecule has 4 amide bonds. The summed E-state index contributed by atoms with van der Waals surface area (Å²) in [5.41, 5.74) is 2.65. The standard InChI is InChI=1S/C24H26N4O3/c1-17-6-5-9-20(14-17)28-23(30)21(22(29)26-24(28)31)15-25-19-10-12-27(13-11-19)16-18-7-3-2-4-8-18/h2-9,14-15,19,21H,10-13,16H2,1H3,(H,26,29,31)/t21-/m1/s1. The van der Waals surface area contributed by atoms with E-state index in [0.29, 0.717) is 5.69 Å². The van der Waals surface area contributed by atoms with E-state index < -0.39 is 23.8 Å². The number of amides is 4. The molecule has 0 saturated carbocycles. The molecular weight excluding hydrogens is 392 g/mol. The number of benzene rings is 2. The van der Waals surface area contributed by atoms with E-state index in [9.17, 15) is 14.4 Å². The maximum absolute atomic E-state index is 12.9. The van der Waals surface area contributed by atoms with E-state index in [2.05, 4.69) is 27.3 Å². The molecule has 7 nitrogen and oxygen atoms in total. The number of nitrogens with zero attached hydrogens (tertiary/aromatic N) is 3. The number of likely N-dealkylation sites (tertiary alicyclic amines) is 1. The summed E-state index contributed by atoms with van der Waals surface area (Å²) in [6, 6.07) is 16.8. The van der Waals surface area contributed by atoms with Gasteiger partial charge in [-0.15, -0.1) is 0 Å². The summed E-state index contributed by atoms with van der Waals surface area (Å²) in [5, 5.41) is 2.28. The highest BCUT2D eigenvalue weighted by Gasteiger charge is 2.40. The Labute approximate surface area is 181 Å². The number of barbiturate groups is 1. The van der Waals surface area contributed by atoms with Gasteiger partial charge in [-0.1, -0.05) is 42.5 Å². The first-order chi connectivity index (χ1) is 15.0. The lowest BCUT2D eigenvalue weighted by Crippen LogP contribution is -2.58. The van der Waals surface area contributed by atoms with Crippen molar-refractivity contribution in [2.45, 2.75) is 32.4 Å². The molecule has 7 heteroatoms. The Morgan fingerprint density at radius 1 is 1.03 bits per heavy atom. The molecule has 2 aromatic rings. The lowest BCUT2D eigenvalue weighted by molar-refractivity contribution is -0.131. The third-order valence-corrected chi connectivity index (χ3v) is 5.71. The van der Waals surface area contributed by atoms with Crippen molar-refractivity contribution in [2.24, 2.45) is 10.9 Å². The number of aliphatic imine (C=N–C) groups is 1. The van der Waals surface area contributed by atoms with Crippen LogP contribution in [0.4, 0.5) is 10.5 Å². The molecule has 0 aliphatic carbocycles. The molecule has 1 atom stereocenters. The molecule has 1 N–H and O–H groups in total. The highest BCUT2D eigenvalue weighted by atomic mass is 16.2. The number of urea groups is 1. The number of piperidine rings is 1. The molecule has 31 heavy (non-hydrogen) atoms. The molecule has 0 radical (unpaired) electrons. The summed E-state index contributed by atoms with van der Waals surface area (Å²) in [6.07, 6.45) is 3.16. The molecule has 2 aliphatic heterocycles. The van der Waals surface area contributed by atoms with Crippen LogP contribution in [0, 0.1) is 12.8 Å². The zero-order valence-electron chi connectivity index (χ0n) is 17.5. The minimum absolute atomic E-state index is 0.0673. The van der Waals surface area contributed by atoms with Crippen LogP contribution in [0.25, 0.3) is 0 Å². The third kappa shape index (κ3) is 4.88. The predicted octanol–water partition coefficient (Wildman–Crippen LogP) is 2.93. The Morgan fingerprint density at radius 3 is 2.48 bits per heavy atom. The van der Waals surface area contributed by atoms with Crippen LogP contribution in [0.1, 0.15) is 24.0 Å². The van der Waals surface area contributed by atoms with E-state index in [1.54, 1.807) is 18.2 Å². The summed E-state index contributed by atoms with van der Waals surface area (Å²) in [6.45, 7) is 4.61. The summed E-state index contributed by atoms with van der Waals surface area (Å²) < 4.78 is 0. The molecule has 0 unspecified atom stereocenters. The van der Waals surface area contributed by atoms with Gasteiger partial charge in [0.05, 0.1) is 11.7 Å². The lowest BCUT2D eigenvalue weighted by atomic mass is 10.0. The largest absolute Gasteiger partial charge is 0.335 e. The second kappa shape index (κ2) is 9.22. The van der Waals surface area contributed by atoms with Crippen LogP contribution in [0.2, 0.25) is 0 Å². The number of hydrogen-bond donors (Lipinski definition) is 1. The van der Waals surface area contributed by atoms with Gasteiger partial charge in [-0.2, -0.15) is 0 Å². The molecule has 2 aliphatic rings. The van der Waals surface area contributed by atoms with Crippen molar-refractivity contribution < 1.29 is 14.4 Å². The van der Waals surface area contributed by atoms with E-state index in [0.717, 1.165) is 42.9 Å². The van der Waals surface area contributed by atoms with E-state index >= 15 is 0 Å². The SMILES string of the molecule is Cc1cccc(N2C(=O)NC(=O)[C@@H](C=NC3CCN(Cc4ccccc4)CC3)C2=O)c1. The van der Waals surface area contributed by atoms with E-state index in [1.807, 2.05) is 31.2 Å². The first kappa shape index (κ1) is 20.9. The summed E-state index contributed by atoms with van der Waals surface area (Å²) in [7, 11) is 0. The first-order valence-corrected chi connectivity index (χ1v) is 10.6. The first-order valence-electron chi connectivity index (χ1n) is 10.6. The molecule has 4 rings (SSSR count). The summed E-state index contributed by atoms with van der Waals surface area (Å²) >= 11 is 0. The maximum atomic E-state index is 12.9. The highest BCUT2D eigenvalue weighted by Crippen LogP contribution is 2.22. The number of imide groups is 2. The van der Waals surface area contributed by atoms with Gasteiger partial charge in [-0.3, -0.25) is 24.8 Å². The monoisotopic (exact) mass is 418 g/mol. The fourth-order valence-electron chi connectivity index (χ4n) is 4.01. The minimum Gasteiger partial charge on any atom is -0.299 e. The van der Waals surface area contributed by atoms with Crippen molar-refractivity contribution in [1.29, 1.82) is 0 Å². The molecule has 2 heterocycles. The van der Waals surface area contributed by atoms with Crippen LogP contribution in [-0.2, 0) is 16.1 Å². The molecule has 160 valence electrons. The van der Waals surface area contributed by atoms with Crippen LogP contribution in [0.5, 0.6) is 0 Å². The Morgan fingerprint density at radius 2 is 1.77 bits per heavy atom. The highest BCUT2D eigenvalue weighted by molar-refractivity contribution is 6.32. The molecule has 0 spiro atoms. The average molecular weight is 418 g/mol. The Kier molecular flexibility index (Phi) is 6.23. The quantitative estimate of drug-likeness (QED) is 0.598. The average Bonchev–Trinajstić information content (AvgIpc) is 2.75. The topological polar surface area (TPSA) is 82.1 Å². The van der Waals surface area contributed by atoms with Gasteiger partial charge in [0.15, 0.2) is 5.92 Å². The van der Waals surface area contributed by atoms with Gasteiger partial charge in [0.25, 0.3) is 5.91 Å². The molecule has 2 fully saturated rings. The number of carbonyl (C=O) groups is 3. The van der Waals surface area contributed by atoms with Gasteiger partial charge in [0.2, 0.25) is 5.91 Å². The van der Waals surface area contributed by atoms with Gasteiger partial charge < -0.3 is 0 Å². The third-order valence-electron chi connectivity index (χ3n) is 5.71. The van der Waals surface area contributed by atoms with Gasteiger partial charge >= 0.3 is 6.03 Å². The van der Waals surface area contributed by atoms with Crippen molar-refractivity contribution in [3.05, 3.63) is 65.7 Å². The van der Waals surface area contributed by atoms with Crippen molar-refractivity contribution in [1.82, 2.24) is 10.2 Å². The van der Waals surface area contributed by atoms with Gasteiger partial charge in [-0.05, 0) is 43.0 Å². The fraction of sp³-hybridized carbons (Fsp3) is 0.333. The fourth-order valence-corrected chi connectivity index (χ4v) is 4.01.